The molecule has 0 fully saturated rings. The first-order chi connectivity index (χ1) is 28.7. The van der Waals surface area contributed by atoms with Crippen LogP contribution in [0.2, 0.25) is 0 Å². The number of aromatic nitrogens is 3. The Balaban J connectivity index is 0.994. The number of fused-ring (bicyclic) bond motifs is 9. The van der Waals surface area contributed by atoms with Gasteiger partial charge in [0.2, 0.25) is 0 Å². The van der Waals surface area contributed by atoms with Gasteiger partial charge in [0.15, 0.2) is 17.5 Å². The predicted octanol–water partition coefficient (Wildman–Crippen LogP) is 12.9. The van der Waals surface area contributed by atoms with Gasteiger partial charge in [0.1, 0.15) is 0 Å². The molecule has 8 aromatic carbocycles. The molecule has 1 aliphatic carbocycles. The zero-order valence-electron chi connectivity index (χ0n) is 31.2. The third-order valence-electron chi connectivity index (χ3n) is 11.4. The van der Waals surface area contributed by atoms with Gasteiger partial charge in [-0.2, -0.15) is 5.26 Å². The topological polar surface area (TPSA) is 62.5 Å². The van der Waals surface area contributed by atoms with Crippen molar-refractivity contribution < 1.29 is 0 Å². The van der Waals surface area contributed by atoms with Crippen LogP contribution in [0, 0.1) is 11.3 Å². The number of hydrogen-bond donors (Lipinski definition) is 0. The first-order valence-corrected chi connectivity index (χ1v) is 20.1. The Hall–Kier alpha value is -7.39. The van der Waals surface area contributed by atoms with E-state index in [1.807, 2.05) is 66.7 Å². The standard InChI is InChI=1S/C53H32N4S/c54-33-34-22-28-48-46(30-34)53(44-20-9-7-18-42(44)43-19-8-10-21-45(43)53)47-32-40(27-29-49(47)58-48)36-25-23-35(24-26-36)39-16-11-17-41(31-39)52-56-50(37-12-3-1-4-13-37)55-51(57-52)38-14-5-2-6-15-38/h1-32H. The van der Waals surface area contributed by atoms with Crippen molar-refractivity contribution in [1.82, 2.24) is 15.0 Å². The van der Waals surface area contributed by atoms with Gasteiger partial charge in [0.25, 0.3) is 0 Å². The molecule has 0 saturated carbocycles. The second-order valence-corrected chi connectivity index (χ2v) is 15.8. The molecule has 0 atom stereocenters. The first-order valence-electron chi connectivity index (χ1n) is 19.3. The van der Waals surface area contributed by atoms with Crippen LogP contribution in [0.25, 0.3) is 67.5 Å². The Bertz CT molecular complexity index is 2990. The Labute approximate surface area is 341 Å². The van der Waals surface area contributed by atoms with Gasteiger partial charge in [-0.25, -0.2) is 15.0 Å². The lowest BCUT2D eigenvalue weighted by atomic mass is 9.66. The van der Waals surface area contributed by atoms with E-state index >= 15 is 0 Å². The van der Waals surface area contributed by atoms with Gasteiger partial charge in [-0.05, 0) is 92.0 Å². The zero-order valence-corrected chi connectivity index (χ0v) is 32.0. The molecule has 1 aliphatic heterocycles. The monoisotopic (exact) mass is 756 g/mol. The van der Waals surface area contributed by atoms with E-state index in [0.717, 1.165) is 38.9 Å². The summed E-state index contributed by atoms with van der Waals surface area (Å²) in [5.74, 6) is 1.91. The van der Waals surface area contributed by atoms with Gasteiger partial charge in [-0.1, -0.05) is 169 Å². The molecule has 0 amide bonds. The molecule has 4 nitrogen and oxygen atoms in total. The van der Waals surface area contributed by atoms with Gasteiger partial charge in [-0.15, -0.1) is 0 Å². The average Bonchev–Trinajstić information content (AvgIpc) is 3.60. The zero-order chi connectivity index (χ0) is 38.6. The van der Waals surface area contributed by atoms with Crippen molar-refractivity contribution in [3.05, 3.63) is 222 Å². The van der Waals surface area contributed by atoms with Crippen molar-refractivity contribution >= 4 is 11.8 Å². The highest BCUT2D eigenvalue weighted by Gasteiger charge is 2.50. The molecule has 270 valence electrons. The minimum atomic E-state index is -0.553. The Kier molecular flexibility index (Phi) is 7.99. The number of nitriles is 1. The molecule has 11 rings (SSSR count). The minimum absolute atomic E-state index is 0.553. The third kappa shape index (κ3) is 5.42. The van der Waals surface area contributed by atoms with Crippen molar-refractivity contribution in [2.75, 3.05) is 0 Å². The lowest BCUT2D eigenvalue weighted by Crippen LogP contribution is -2.32. The maximum atomic E-state index is 10.1. The van der Waals surface area contributed by atoms with E-state index in [4.69, 9.17) is 15.0 Å². The number of hydrogen-bond acceptors (Lipinski definition) is 5. The maximum Gasteiger partial charge on any atom is 0.164 e. The van der Waals surface area contributed by atoms with Crippen LogP contribution in [0.5, 0.6) is 0 Å². The molecular weight excluding hydrogens is 725 g/mol. The summed E-state index contributed by atoms with van der Waals surface area (Å²) in [7, 11) is 0. The van der Waals surface area contributed by atoms with E-state index < -0.39 is 5.41 Å². The van der Waals surface area contributed by atoms with Crippen LogP contribution in [-0.2, 0) is 5.41 Å². The quantitative estimate of drug-likeness (QED) is 0.175. The fraction of sp³-hybridized carbons (Fsp3) is 0.0189. The normalized spacial score (nSPS) is 12.9. The molecule has 9 aromatic rings. The van der Waals surface area contributed by atoms with E-state index in [-0.39, 0.29) is 0 Å². The molecular formula is C53H32N4S. The van der Waals surface area contributed by atoms with E-state index in [2.05, 4.69) is 133 Å². The van der Waals surface area contributed by atoms with Gasteiger partial charge in [-0.3, -0.25) is 0 Å². The summed E-state index contributed by atoms with van der Waals surface area (Å²) in [4.78, 5) is 17.2. The lowest BCUT2D eigenvalue weighted by Gasteiger charge is -2.40. The van der Waals surface area contributed by atoms with Crippen LogP contribution >= 0.6 is 11.8 Å². The summed E-state index contributed by atoms with van der Waals surface area (Å²) in [5.41, 5.74) is 14.8. The molecule has 0 unspecified atom stereocenters. The van der Waals surface area contributed by atoms with Gasteiger partial charge in [0, 0.05) is 26.5 Å². The predicted molar refractivity (Wildman–Crippen MR) is 233 cm³/mol. The van der Waals surface area contributed by atoms with Crippen LogP contribution in [0.4, 0.5) is 0 Å². The van der Waals surface area contributed by atoms with Crippen molar-refractivity contribution in [2.45, 2.75) is 15.2 Å². The molecule has 5 heteroatoms. The summed E-state index contributed by atoms with van der Waals surface area (Å²) >= 11 is 1.79. The van der Waals surface area contributed by atoms with Gasteiger partial charge >= 0.3 is 0 Å². The van der Waals surface area contributed by atoms with Crippen molar-refractivity contribution in [1.29, 1.82) is 5.26 Å². The maximum absolute atomic E-state index is 10.1. The van der Waals surface area contributed by atoms with Crippen LogP contribution < -0.4 is 0 Å². The van der Waals surface area contributed by atoms with Crippen molar-refractivity contribution in [3.8, 4) is 73.6 Å². The second kappa shape index (κ2) is 13.7. The summed E-state index contributed by atoms with van der Waals surface area (Å²) in [5, 5.41) is 10.1. The summed E-state index contributed by atoms with van der Waals surface area (Å²) in [6.45, 7) is 0. The SMILES string of the molecule is N#Cc1ccc2c(c1)C1(c3cc(-c4ccc(-c5cccc(-c6nc(-c7ccccc7)nc(-c7ccccc7)n6)c5)cc4)ccc3S2)c2ccccc2-c2ccccc21. The Morgan fingerprint density at radius 1 is 0.362 bits per heavy atom. The van der Waals surface area contributed by atoms with Crippen molar-refractivity contribution in [2.24, 2.45) is 0 Å². The molecule has 2 aliphatic rings. The number of rotatable bonds is 5. The van der Waals surface area contributed by atoms with E-state index in [9.17, 15) is 5.26 Å². The van der Waals surface area contributed by atoms with Gasteiger partial charge < -0.3 is 0 Å². The highest BCUT2D eigenvalue weighted by atomic mass is 32.2. The minimum Gasteiger partial charge on any atom is -0.208 e. The lowest BCUT2D eigenvalue weighted by molar-refractivity contribution is 0.722. The molecule has 0 radical (unpaired) electrons. The summed E-state index contributed by atoms with van der Waals surface area (Å²) < 4.78 is 0. The highest BCUT2D eigenvalue weighted by Crippen LogP contribution is 2.62. The Morgan fingerprint density at radius 2 is 0.810 bits per heavy atom. The molecule has 1 aromatic heterocycles. The number of nitrogens with zero attached hydrogens (tertiary/aromatic N) is 4. The van der Waals surface area contributed by atoms with Gasteiger partial charge in [0.05, 0.1) is 17.0 Å². The van der Waals surface area contributed by atoms with E-state index in [1.54, 1.807) is 11.8 Å². The molecule has 2 heterocycles. The number of benzene rings is 8. The van der Waals surface area contributed by atoms with Crippen LogP contribution in [-0.4, -0.2) is 15.0 Å². The third-order valence-corrected chi connectivity index (χ3v) is 12.6. The average molecular weight is 757 g/mol. The first kappa shape index (κ1) is 33.9. The fourth-order valence-electron chi connectivity index (χ4n) is 8.78. The van der Waals surface area contributed by atoms with Crippen molar-refractivity contribution in [3.63, 3.8) is 0 Å². The smallest absolute Gasteiger partial charge is 0.164 e. The molecule has 0 bridgehead atoms. The molecule has 0 saturated heterocycles. The molecule has 1 spiro atoms. The highest BCUT2D eigenvalue weighted by molar-refractivity contribution is 7.99. The van der Waals surface area contributed by atoms with E-state index in [1.165, 1.54) is 43.2 Å². The molecule has 0 N–H and O–H groups in total. The summed E-state index contributed by atoms with van der Waals surface area (Å²) in [6, 6.07) is 70.5. The summed E-state index contributed by atoms with van der Waals surface area (Å²) in [6.07, 6.45) is 0. The molecule has 58 heavy (non-hydrogen) atoms. The fourth-order valence-corrected chi connectivity index (χ4v) is 9.94. The van der Waals surface area contributed by atoms with E-state index in [0.29, 0.717) is 23.0 Å². The van der Waals surface area contributed by atoms with Crippen LogP contribution in [0.3, 0.4) is 0 Å². The van der Waals surface area contributed by atoms with Crippen LogP contribution in [0.1, 0.15) is 27.8 Å². The largest absolute Gasteiger partial charge is 0.208 e. The van der Waals surface area contributed by atoms with Crippen LogP contribution in [0.15, 0.2) is 204 Å². The Morgan fingerprint density at radius 3 is 1.40 bits per heavy atom. The second-order valence-electron chi connectivity index (χ2n) is 14.7.